The zero-order valence-electron chi connectivity index (χ0n) is 11.1. The Morgan fingerprint density at radius 1 is 1.25 bits per heavy atom. The van der Waals surface area contributed by atoms with E-state index in [9.17, 15) is 9.18 Å². The SMILES string of the molecule is COc1ccccc1CCNC(=O)c1cccc(F)n1. The van der Waals surface area contributed by atoms with Gasteiger partial charge in [0, 0.05) is 6.54 Å². The average Bonchev–Trinajstić information content (AvgIpc) is 2.47. The van der Waals surface area contributed by atoms with E-state index < -0.39 is 5.95 Å². The molecule has 4 nitrogen and oxygen atoms in total. The van der Waals surface area contributed by atoms with E-state index in [0.717, 1.165) is 11.3 Å². The maximum absolute atomic E-state index is 12.9. The van der Waals surface area contributed by atoms with Gasteiger partial charge in [0.2, 0.25) is 5.95 Å². The van der Waals surface area contributed by atoms with Crippen molar-refractivity contribution in [2.24, 2.45) is 0 Å². The van der Waals surface area contributed by atoms with E-state index in [4.69, 9.17) is 4.74 Å². The number of methoxy groups -OCH3 is 1. The maximum Gasteiger partial charge on any atom is 0.270 e. The molecule has 0 spiro atoms. The summed E-state index contributed by atoms with van der Waals surface area (Å²) in [7, 11) is 1.61. The van der Waals surface area contributed by atoms with Gasteiger partial charge in [-0.05, 0) is 30.2 Å². The van der Waals surface area contributed by atoms with E-state index >= 15 is 0 Å². The molecule has 0 saturated heterocycles. The van der Waals surface area contributed by atoms with E-state index in [1.54, 1.807) is 7.11 Å². The Morgan fingerprint density at radius 3 is 2.80 bits per heavy atom. The summed E-state index contributed by atoms with van der Waals surface area (Å²) >= 11 is 0. The van der Waals surface area contributed by atoms with Gasteiger partial charge in [-0.25, -0.2) is 4.98 Å². The highest BCUT2D eigenvalue weighted by atomic mass is 19.1. The van der Waals surface area contributed by atoms with Gasteiger partial charge in [0.05, 0.1) is 7.11 Å². The van der Waals surface area contributed by atoms with Crippen molar-refractivity contribution in [2.75, 3.05) is 13.7 Å². The molecule has 1 aromatic carbocycles. The minimum Gasteiger partial charge on any atom is -0.496 e. The lowest BCUT2D eigenvalue weighted by molar-refractivity contribution is 0.0948. The number of halogens is 1. The fraction of sp³-hybridized carbons (Fsp3) is 0.200. The van der Waals surface area contributed by atoms with Crippen molar-refractivity contribution in [2.45, 2.75) is 6.42 Å². The summed E-state index contributed by atoms with van der Waals surface area (Å²) in [6.45, 7) is 0.428. The molecule has 0 radical (unpaired) electrons. The average molecular weight is 274 g/mol. The highest BCUT2D eigenvalue weighted by Gasteiger charge is 2.08. The van der Waals surface area contributed by atoms with Crippen LogP contribution in [0.4, 0.5) is 4.39 Å². The van der Waals surface area contributed by atoms with E-state index in [2.05, 4.69) is 10.3 Å². The molecule has 2 rings (SSSR count). The molecule has 20 heavy (non-hydrogen) atoms. The van der Waals surface area contributed by atoms with Gasteiger partial charge in [0.25, 0.3) is 5.91 Å². The van der Waals surface area contributed by atoms with Gasteiger partial charge in [-0.2, -0.15) is 4.39 Å². The second-order valence-corrected chi connectivity index (χ2v) is 4.16. The van der Waals surface area contributed by atoms with Crippen LogP contribution < -0.4 is 10.1 Å². The maximum atomic E-state index is 12.9. The molecule has 0 unspecified atom stereocenters. The number of hydrogen-bond acceptors (Lipinski definition) is 3. The summed E-state index contributed by atoms with van der Waals surface area (Å²) < 4.78 is 18.1. The Kier molecular flexibility index (Phi) is 4.65. The number of ether oxygens (including phenoxy) is 1. The number of para-hydroxylation sites is 1. The van der Waals surface area contributed by atoms with Crippen LogP contribution in [0, 0.1) is 5.95 Å². The summed E-state index contributed by atoms with van der Waals surface area (Å²) in [5.74, 6) is -0.271. The molecule has 1 aromatic heterocycles. The predicted octanol–water partition coefficient (Wildman–Crippen LogP) is 2.20. The van der Waals surface area contributed by atoms with Gasteiger partial charge in [0.1, 0.15) is 11.4 Å². The lowest BCUT2D eigenvalue weighted by atomic mass is 10.1. The van der Waals surface area contributed by atoms with Crippen molar-refractivity contribution in [1.29, 1.82) is 0 Å². The third-order valence-corrected chi connectivity index (χ3v) is 2.82. The van der Waals surface area contributed by atoms with Crippen LogP contribution in [0.2, 0.25) is 0 Å². The number of hydrogen-bond donors (Lipinski definition) is 1. The van der Waals surface area contributed by atoms with E-state index in [0.29, 0.717) is 13.0 Å². The Balaban J connectivity index is 1.91. The minimum absolute atomic E-state index is 0.0741. The van der Waals surface area contributed by atoms with Crippen LogP contribution in [0.25, 0.3) is 0 Å². The minimum atomic E-state index is -0.664. The van der Waals surface area contributed by atoms with E-state index in [-0.39, 0.29) is 11.6 Å². The first kappa shape index (κ1) is 14.0. The molecule has 5 heteroatoms. The number of rotatable bonds is 5. The summed E-state index contributed by atoms with van der Waals surface area (Å²) in [6.07, 6.45) is 0.630. The predicted molar refractivity (Wildman–Crippen MR) is 73.2 cm³/mol. The number of nitrogens with zero attached hydrogens (tertiary/aromatic N) is 1. The first-order valence-electron chi connectivity index (χ1n) is 6.23. The molecule has 1 amide bonds. The second kappa shape index (κ2) is 6.65. The number of nitrogens with one attached hydrogen (secondary N) is 1. The van der Waals surface area contributed by atoms with Crippen LogP contribution in [0.5, 0.6) is 5.75 Å². The Hall–Kier alpha value is -2.43. The van der Waals surface area contributed by atoms with Crippen LogP contribution in [-0.4, -0.2) is 24.5 Å². The fourth-order valence-electron chi connectivity index (χ4n) is 1.85. The van der Waals surface area contributed by atoms with Gasteiger partial charge in [0.15, 0.2) is 0 Å². The molecule has 104 valence electrons. The summed E-state index contributed by atoms with van der Waals surface area (Å²) in [5.41, 5.74) is 1.08. The largest absolute Gasteiger partial charge is 0.496 e. The molecule has 1 N–H and O–H groups in total. The standard InChI is InChI=1S/C15H15FN2O2/c1-20-13-7-3-2-5-11(13)9-10-17-15(19)12-6-4-8-14(16)18-12/h2-8H,9-10H2,1H3,(H,17,19). The third kappa shape index (κ3) is 3.54. The molecule has 0 fully saturated rings. The molecule has 0 atom stereocenters. The van der Waals surface area contributed by atoms with Crippen molar-refractivity contribution < 1.29 is 13.9 Å². The molecule has 2 aromatic rings. The van der Waals surface area contributed by atoms with E-state index in [1.165, 1.54) is 18.2 Å². The van der Waals surface area contributed by atoms with E-state index in [1.807, 2.05) is 24.3 Å². The Labute approximate surface area is 116 Å². The number of pyridine rings is 1. The highest BCUT2D eigenvalue weighted by molar-refractivity contribution is 5.92. The molecular formula is C15H15FN2O2. The van der Waals surface area contributed by atoms with Gasteiger partial charge in [-0.3, -0.25) is 4.79 Å². The summed E-state index contributed by atoms with van der Waals surface area (Å²) in [4.78, 5) is 15.3. The van der Waals surface area contributed by atoms with Gasteiger partial charge >= 0.3 is 0 Å². The molecule has 0 aliphatic rings. The second-order valence-electron chi connectivity index (χ2n) is 4.16. The molecule has 0 aliphatic carbocycles. The summed E-state index contributed by atoms with van der Waals surface area (Å²) in [5, 5.41) is 2.70. The lowest BCUT2D eigenvalue weighted by Crippen LogP contribution is -2.26. The fourth-order valence-corrected chi connectivity index (χ4v) is 1.85. The summed E-state index contributed by atoms with van der Waals surface area (Å²) in [6, 6.07) is 11.7. The molecule has 0 bridgehead atoms. The van der Waals surface area contributed by atoms with Crippen molar-refractivity contribution in [3.8, 4) is 5.75 Å². The van der Waals surface area contributed by atoms with Crippen LogP contribution in [0.15, 0.2) is 42.5 Å². The quantitative estimate of drug-likeness (QED) is 0.850. The van der Waals surface area contributed by atoms with Gasteiger partial charge in [-0.1, -0.05) is 24.3 Å². The Morgan fingerprint density at radius 2 is 2.05 bits per heavy atom. The van der Waals surface area contributed by atoms with Crippen molar-refractivity contribution in [3.63, 3.8) is 0 Å². The highest BCUT2D eigenvalue weighted by Crippen LogP contribution is 2.17. The van der Waals surface area contributed by atoms with Crippen molar-refractivity contribution in [3.05, 3.63) is 59.7 Å². The molecule has 0 saturated carbocycles. The monoisotopic (exact) mass is 274 g/mol. The molecular weight excluding hydrogens is 259 g/mol. The van der Waals surface area contributed by atoms with Crippen molar-refractivity contribution in [1.82, 2.24) is 10.3 Å². The zero-order chi connectivity index (χ0) is 14.4. The lowest BCUT2D eigenvalue weighted by Gasteiger charge is -2.08. The first-order valence-corrected chi connectivity index (χ1v) is 6.23. The number of aromatic nitrogens is 1. The van der Waals surface area contributed by atoms with Crippen LogP contribution in [0.3, 0.4) is 0 Å². The van der Waals surface area contributed by atoms with Crippen molar-refractivity contribution >= 4 is 5.91 Å². The first-order chi connectivity index (χ1) is 9.70. The van der Waals surface area contributed by atoms with Crippen LogP contribution in [0.1, 0.15) is 16.1 Å². The normalized spacial score (nSPS) is 10.1. The van der Waals surface area contributed by atoms with Crippen LogP contribution in [-0.2, 0) is 6.42 Å². The van der Waals surface area contributed by atoms with Crippen LogP contribution >= 0.6 is 0 Å². The molecule has 1 heterocycles. The smallest absolute Gasteiger partial charge is 0.270 e. The Bertz CT molecular complexity index is 602. The topological polar surface area (TPSA) is 51.2 Å². The van der Waals surface area contributed by atoms with Gasteiger partial charge in [-0.15, -0.1) is 0 Å². The third-order valence-electron chi connectivity index (χ3n) is 2.82. The molecule has 0 aliphatic heterocycles. The zero-order valence-corrected chi connectivity index (χ0v) is 11.1. The number of carbonyl (C=O) groups is 1. The number of amides is 1. The number of carbonyl (C=O) groups excluding carboxylic acids is 1. The number of benzene rings is 1. The van der Waals surface area contributed by atoms with Gasteiger partial charge < -0.3 is 10.1 Å².